The molecule has 1 N–H and O–H groups in total. The van der Waals surface area contributed by atoms with Crippen LogP contribution in [0, 0.1) is 0 Å². The molecular weight excluding hydrogens is 298 g/mol. The van der Waals surface area contributed by atoms with Crippen molar-refractivity contribution >= 4 is 0 Å². The number of likely N-dealkylation sites (N-methyl/N-ethyl adjacent to an activating group) is 1. The summed E-state index contributed by atoms with van der Waals surface area (Å²) in [4.78, 5) is 10.2. The van der Waals surface area contributed by atoms with Gasteiger partial charge in [0.25, 0.3) is 0 Å². The summed E-state index contributed by atoms with van der Waals surface area (Å²) < 4.78 is 5.92. The van der Waals surface area contributed by atoms with E-state index in [1.807, 2.05) is 6.20 Å². The lowest BCUT2D eigenvalue weighted by Gasteiger charge is -2.37. The second-order valence-electron chi connectivity index (χ2n) is 6.85. The van der Waals surface area contributed by atoms with Gasteiger partial charge in [-0.1, -0.05) is 26.2 Å². The number of aromatic nitrogens is 2. The fourth-order valence-electron chi connectivity index (χ4n) is 3.11. The minimum absolute atomic E-state index is 0.550. The zero-order chi connectivity index (χ0) is 16.8. The zero-order valence-corrected chi connectivity index (χ0v) is 14.9. The molecule has 3 heterocycles. The first-order valence-corrected chi connectivity index (χ1v) is 9.22. The Hall–Kier alpha value is -1.81. The predicted molar refractivity (Wildman–Crippen MR) is 98.4 cm³/mol. The predicted octanol–water partition coefficient (Wildman–Crippen LogP) is 4.28. The molecule has 2 aromatic rings. The molecule has 1 aliphatic heterocycles. The van der Waals surface area contributed by atoms with Gasteiger partial charge >= 0.3 is 0 Å². The highest BCUT2D eigenvalue weighted by Crippen LogP contribution is 2.24. The number of rotatable bonds is 9. The molecule has 0 unspecified atom stereocenters. The minimum Gasteiger partial charge on any atom is -0.490 e. The van der Waals surface area contributed by atoms with Crippen LogP contribution in [0.3, 0.4) is 0 Å². The maximum atomic E-state index is 5.92. The highest BCUT2D eigenvalue weighted by Gasteiger charge is 2.24. The fraction of sp³-hybridized carbons (Fsp3) is 0.550. The van der Waals surface area contributed by atoms with Crippen molar-refractivity contribution in [2.75, 3.05) is 20.2 Å². The highest BCUT2D eigenvalue weighted by molar-refractivity contribution is 5.60. The van der Waals surface area contributed by atoms with Crippen molar-refractivity contribution in [1.82, 2.24) is 14.9 Å². The van der Waals surface area contributed by atoms with Crippen LogP contribution in [0.25, 0.3) is 11.3 Å². The Morgan fingerprint density at radius 2 is 2.17 bits per heavy atom. The van der Waals surface area contributed by atoms with E-state index in [1.54, 1.807) is 6.20 Å². The number of pyridine rings is 1. The molecule has 4 heteroatoms. The van der Waals surface area contributed by atoms with Crippen molar-refractivity contribution in [3.8, 4) is 17.0 Å². The first-order chi connectivity index (χ1) is 11.8. The molecule has 1 aliphatic rings. The Labute approximate surface area is 145 Å². The van der Waals surface area contributed by atoms with E-state index in [0.29, 0.717) is 6.04 Å². The van der Waals surface area contributed by atoms with Crippen LogP contribution in [0.2, 0.25) is 0 Å². The van der Waals surface area contributed by atoms with E-state index in [-0.39, 0.29) is 0 Å². The molecule has 0 amide bonds. The van der Waals surface area contributed by atoms with Gasteiger partial charge in [-0.2, -0.15) is 0 Å². The largest absolute Gasteiger partial charge is 0.490 e. The monoisotopic (exact) mass is 327 g/mol. The van der Waals surface area contributed by atoms with E-state index in [9.17, 15) is 0 Å². The van der Waals surface area contributed by atoms with Crippen molar-refractivity contribution in [2.24, 2.45) is 0 Å². The molecule has 0 radical (unpaired) electrons. The maximum Gasteiger partial charge on any atom is 0.138 e. The van der Waals surface area contributed by atoms with Crippen molar-refractivity contribution < 1.29 is 4.74 Å². The first-order valence-electron chi connectivity index (χ1n) is 9.22. The van der Waals surface area contributed by atoms with Crippen LogP contribution in [0.5, 0.6) is 5.75 Å². The molecule has 4 nitrogen and oxygen atoms in total. The molecule has 2 aromatic heterocycles. The van der Waals surface area contributed by atoms with Gasteiger partial charge in [-0.05, 0) is 51.1 Å². The van der Waals surface area contributed by atoms with Crippen LogP contribution in [0.1, 0.15) is 44.7 Å². The van der Waals surface area contributed by atoms with Gasteiger partial charge in [0.15, 0.2) is 0 Å². The van der Waals surface area contributed by atoms with Crippen molar-refractivity contribution in [2.45, 2.75) is 51.5 Å². The quantitative estimate of drug-likeness (QED) is 0.699. The zero-order valence-electron chi connectivity index (χ0n) is 14.9. The molecule has 3 rings (SSSR count). The number of hydrogen-bond donors (Lipinski definition) is 1. The summed E-state index contributed by atoms with van der Waals surface area (Å²) in [5.74, 6) is 0.854. The topological polar surface area (TPSA) is 41.1 Å². The Morgan fingerprint density at radius 1 is 1.25 bits per heavy atom. The number of H-pyrrole nitrogens is 1. The van der Waals surface area contributed by atoms with E-state index < -0.39 is 0 Å². The second-order valence-corrected chi connectivity index (χ2v) is 6.85. The lowest BCUT2D eigenvalue weighted by molar-refractivity contribution is 0.0768. The number of nitrogens with zero attached hydrogens (tertiary/aromatic N) is 2. The Kier molecular flexibility index (Phi) is 5.91. The van der Waals surface area contributed by atoms with Crippen LogP contribution in [-0.2, 0) is 6.42 Å². The third-order valence-electron chi connectivity index (χ3n) is 4.95. The summed E-state index contributed by atoms with van der Waals surface area (Å²) in [5, 5.41) is 0. The second kappa shape index (κ2) is 8.34. The molecule has 1 fully saturated rings. The number of likely N-dealkylation sites (tertiary alicyclic amines) is 1. The number of hydrogen-bond acceptors (Lipinski definition) is 3. The van der Waals surface area contributed by atoms with E-state index in [4.69, 9.17) is 4.74 Å². The average molecular weight is 327 g/mol. The van der Waals surface area contributed by atoms with Crippen LogP contribution in [0.4, 0.5) is 0 Å². The van der Waals surface area contributed by atoms with Gasteiger partial charge in [0, 0.05) is 29.2 Å². The summed E-state index contributed by atoms with van der Waals surface area (Å²) >= 11 is 0. The Bertz CT molecular complexity index is 637. The summed E-state index contributed by atoms with van der Waals surface area (Å²) in [7, 11) is 2.15. The average Bonchev–Trinajstić information content (AvgIpc) is 3.07. The van der Waals surface area contributed by atoms with E-state index >= 15 is 0 Å². The highest BCUT2D eigenvalue weighted by atomic mass is 16.5. The van der Waals surface area contributed by atoms with Gasteiger partial charge < -0.3 is 9.72 Å². The van der Waals surface area contributed by atoms with Crippen LogP contribution in [-0.4, -0.2) is 41.1 Å². The lowest BCUT2D eigenvalue weighted by Crippen LogP contribution is -2.48. The number of nitrogens with one attached hydrogen (secondary N) is 1. The molecule has 0 bridgehead atoms. The number of aromatic amines is 1. The van der Waals surface area contributed by atoms with Crippen molar-refractivity contribution in [1.29, 1.82) is 0 Å². The smallest absolute Gasteiger partial charge is 0.138 e. The molecule has 1 atom stereocenters. The van der Waals surface area contributed by atoms with Gasteiger partial charge in [0.2, 0.25) is 0 Å². The van der Waals surface area contributed by atoms with Crippen LogP contribution >= 0.6 is 0 Å². The third-order valence-corrected chi connectivity index (χ3v) is 4.95. The first kappa shape index (κ1) is 17.0. The molecule has 0 saturated carbocycles. The molecule has 130 valence electrons. The maximum absolute atomic E-state index is 5.92. The van der Waals surface area contributed by atoms with Crippen LogP contribution < -0.4 is 4.74 Å². The third kappa shape index (κ3) is 4.38. The van der Waals surface area contributed by atoms with Gasteiger partial charge in [-0.3, -0.25) is 9.88 Å². The standard InChI is InChI=1S/C20H29N3O/c1-3-4-5-6-7-17-8-9-20(22-17)16-12-19(14-21-13-16)24-15-18-10-11-23(18)2/h8-9,12-14,18,22H,3-7,10-11,15H2,1-2H3/t18-/m0/s1. The Morgan fingerprint density at radius 3 is 2.92 bits per heavy atom. The summed E-state index contributed by atoms with van der Waals surface area (Å²) in [5.41, 5.74) is 3.52. The molecule has 0 aliphatic carbocycles. The van der Waals surface area contributed by atoms with E-state index in [2.05, 4.69) is 47.0 Å². The fourth-order valence-corrected chi connectivity index (χ4v) is 3.11. The lowest BCUT2D eigenvalue weighted by atomic mass is 10.1. The van der Waals surface area contributed by atoms with E-state index in [1.165, 1.54) is 44.3 Å². The molecule has 24 heavy (non-hydrogen) atoms. The van der Waals surface area contributed by atoms with Gasteiger partial charge in [0.05, 0.1) is 6.20 Å². The number of aryl methyl sites for hydroxylation is 1. The minimum atomic E-state index is 0.550. The van der Waals surface area contributed by atoms with Crippen LogP contribution in [0.15, 0.2) is 30.6 Å². The number of ether oxygens (including phenoxy) is 1. The van der Waals surface area contributed by atoms with Crippen molar-refractivity contribution in [3.63, 3.8) is 0 Å². The summed E-state index contributed by atoms with van der Waals surface area (Å²) in [6.07, 6.45) is 11.2. The van der Waals surface area contributed by atoms with Crippen molar-refractivity contribution in [3.05, 3.63) is 36.3 Å². The van der Waals surface area contributed by atoms with Gasteiger partial charge in [-0.25, -0.2) is 0 Å². The van der Waals surface area contributed by atoms with Gasteiger partial charge in [0.1, 0.15) is 12.4 Å². The summed E-state index contributed by atoms with van der Waals surface area (Å²) in [6, 6.07) is 6.97. The Balaban J connectivity index is 1.56. The number of unbranched alkanes of at least 4 members (excludes halogenated alkanes) is 3. The molecule has 0 spiro atoms. The normalized spacial score (nSPS) is 17.7. The summed E-state index contributed by atoms with van der Waals surface area (Å²) in [6.45, 7) is 4.17. The molecule has 1 saturated heterocycles. The molecular formula is C20H29N3O. The van der Waals surface area contributed by atoms with Gasteiger partial charge in [-0.15, -0.1) is 0 Å². The SMILES string of the molecule is CCCCCCc1ccc(-c2cncc(OC[C@@H]3CCN3C)c2)[nH]1. The van der Waals surface area contributed by atoms with E-state index in [0.717, 1.165) is 30.0 Å². The molecule has 0 aromatic carbocycles.